The largest absolute Gasteiger partial charge is 0.493 e. The van der Waals surface area contributed by atoms with Crippen molar-refractivity contribution in [3.05, 3.63) is 113 Å². The fraction of sp³-hybridized carbons (Fsp3) is 0.103. The van der Waals surface area contributed by atoms with E-state index in [2.05, 4.69) is 31.9 Å². The number of hydrogen-bond donors (Lipinski definition) is 3. The summed E-state index contributed by atoms with van der Waals surface area (Å²) in [5, 5.41) is 9.07. The third kappa shape index (κ3) is 6.52. The fourth-order valence-electron chi connectivity index (χ4n) is 3.52. The standard InChI is InChI=1S/C29H26BrN3O3/c1-2-18-36-27-17-12-20(30)19-25(27)29(35)33-26-11-7-6-10-24(26)28(34)32-23-15-13-22(14-16-23)31-21-8-4-3-5-9-21/h3-17,19,31H,2,18H2,1H3,(H,32,34)(H,33,35). The van der Waals surface area contributed by atoms with Crippen LogP contribution < -0.4 is 20.7 Å². The maximum atomic E-state index is 13.1. The third-order valence-electron chi connectivity index (χ3n) is 5.27. The molecule has 182 valence electrons. The van der Waals surface area contributed by atoms with E-state index in [4.69, 9.17) is 4.74 Å². The Kier molecular flexibility index (Phi) is 8.36. The molecule has 0 unspecified atom stereocenters. The summed E-state index contributed by atoms with van der Waals surface area (Å²) >= 11 is 3.41. The predicted molar refractivity (Wildman–Crippen MR) is 148 cm³/mol. The van der Waals surface area contributed by atoms with E-state index in [-0.39, 0.29) is 11.8 Å². The number of halogens is 1. The second kappa shape index (κ2) is 12.0. The highest BCUT2D eigenvalue weighted by molar-refractivity contribution is 9.10. The first kappa shape index (κ1) is 25.0. The van der Waals surface area contributed by atoms with Gasteiger partial charge in [0, 0.05) is 21.5 Å². The smallest absolute Gasteiger partial charge is 0.259 e. The molecule has 0 aliphatic rings. The number of anilines is 4. The maximum absolute atomic E-state index is 13.1. The summed E-state index contributed by atoms with van der Waals surface area (Å²) < 4.78 is 6.49. The molecule has 6 nitrogen and oxygen atoms in total. The van der Waals surface area contributed by atoms with Crippen LogP contribution in [0.5, 0.6) is 5.75 Å². The Hall–Kier alpha value is -4.10. The van der Waals surface area contributed by atoms with Crippen molar-refractivity contribution in [3.8, 4) is 5.75 Å². The first-order valence-electron chi connectivity index (χ1n) is 11.6. The van der Waals surface area contributed by atoms with Crippen molar-refractivity contribution >= 4 is 50.5 Å². The van der Waals surface area contributed by atoms with Crippen LogP contribution in [0.3, 0.4) is 0 Å². The Balaban J connectivity index is 1.47. The van der Waals surface area contributed by atoms with E-state index in [0.717, 1.165) is 22.3 Å². The first-order chi connectivity index (χ1) is 17.5. The van der Waals surface area contributed by atoms with E-state index in [9.17, 15) is 9.59 Å². The lowest BCUT2D eigenvalue weighted by Crippen LogP contribution is -2.19. The molecule has 0 fully saturated rings. The normalized spacial score (nSPS) is 10.4. The average molecular weight is 544 g/mol. The van der Waals surface area contributed by atoms with E-state index in [0.29, 0.717) is 34.9 Å². The summed E-state index contributed by atoms with van der Waals surface area (Å²) in [6, 6.07) is 29.4. The second-order valence-electron chi connectivity index (χ2n) is 8.01. The molecule has 0 aliphatic heterocycles. The topological polar surface area (TPSA) is 79.5 Å². The SMILES string of the molecule is CCCOc1ccc(Br)cc1C(=O)Nc1ccccc1C(=O)Nc1ccc(Nc2ccccc2)cc1. The van der Waals surface area contributed by atoms with Crippen LogP contribution in [0.15, 0.2) is 102 Å². The van der Waals surface area contributed by atoms with Gasteiger partial charge in [0.25, 0.3) is 11.8 Å². The Morgan fingerprint density at radius 3 is 2.11 bits per heavy atom. The Morgan fingerprint density at radius 2 is 1.36 bits per heavy atom. The van der Waals surface area contributed by atoms with Crippen molar-refractivity contribution in [1.82, 2.24) is 0 Å². The number of benzene rings is 4. The van der Waals surface area contributed by atoms with Crippen LogP contribution in [0, 0.1) is 0 Å². The summed E-state index contributed by atoms with van der Waals surface area (Å²) in [4.78, 5) is 26.2. The molecule has 0 saturated heterocycles. The van der Waals surface area contributed by atoms with Gasteiger partial charge in [-0.2, -0.15) is 0 Å². The van der Waals surface area contributed by atoms with Gasteiger partial charge < -0.3 is 20.7 Å². The average Bonchev–Trinajstić information content (AvgIpc) is 2.90. The highest BCUT2D eigenvalue weighted by Gasteiger charge is 2.18. The van der Waals surface area contributed by atoms with Crippen LogP contribution in [-0.2, 0) is 0 Å². The lowest BCUT2D eigenvalue weighted by molar-refractivity contribution is 0.102. The molecule has 3 N–H and O–H groups in total. The number of amides is 2. The minimum Gasteiger partial charge on any atom is -0.493 e. The quantitative estimate of drug-likeness (QED) is 0.204. The molecule has 0 bridgehead atoms. The second-order valence-corrected chi connectivity index (χ2v) is 8.93. The Labute approximate surface area is 218 Å². The van der Waals surface area contributed by atoms with Gasteiger partial charge in [-0.1, -0.05) is 53.2 Å². The van der Waals surface area contributed by atoms with E-state index in [1.54, 1.807) is 36.4 Å². The van der Waals surface area contributed by atoms with E-state index >= 15 is 0 Å². The molecule has 0 radical (unpaired) electrons. The van der Waals surface area contributed by atoms with Crippen molar-refractivity contribution in [3.63, 3.8) is 0 Å². The van der Waals surface area contributed by atoms with Gasteiger partial charge in [0.05, 0.1) is 23.4 Å². The van der Waals surface area contributed by atoms with Gasteiger partial charge in [0.2, 0.25) is 0 Å². The fourth-order valence-corrected chi connectivity index (χ4v) is 3.88. The molecule has 0 atom stereocenters. The van der Waals surface area contributed by atoms with Crippen molar-refractivity contribution < 1.29 is 14.3 Å². The van der Waals surface area contributed by atoms with Crippen molar-refractivity contribution in [2.24, 2.45) is 0 Å². The lowest BCUT2D eigenvalue weighted by atomic mass is 10.1. The molecule has 0 saturated carbocycles. The monoisotopic (exact) mass is 543 g/mol. The summed E-state index contributed by atoms with van der Waals surface area (Å²) in [7, 11) is 0. The molecule has 0 spiro atoms. The Morgan fingerprint density at radius 1 is 0.722 bits per heavy atom. The molecule has 0 aromatic heterocycles. The highest BCUT2D eigenvalue weighted by Crippen LogP contribution is 2.26. The number of carbonyl (C=O) groups is 2. The molecule has 2 amide bonds. The highest BCUT2D eigenvalue weighted by atomic mass is 79.9. The summed E-state index contributed by atoms with van der Waals surface area (Å²) in [6.45, 7) is 2.50. The molecule has 0 aliphatic carbocycles. The molecule has 0 heterocycles. The first-order valence-corrected chi connectivity index (χ1v) is 12.4. The van der Waals surface area contributed by atoms with Crippen LogP contribution in [-0.4, -0.2) is 18.4 Å². The summed E-state index contributed by atoms with van der Waals surface area (Å²) in [5.41, 5.74) is 3.67. The zero-order valence-corrected chi connectivity index (χ0v) is 21.3. The molecular weight excluding hydrogens is 518 g/mol. The number of ether oxygens (including phenoxy) is 1. The number of nitrogens with one attached hydrogen (secondary N) is 3. The van der Waals surface area contributed by atoms with Gasteiger partial charge in [-0.3, -0.25) is 9.59 Å². The minimum absolute atomic E-state index is 0.327. The number of rotatable bonds is 9. The van der Waals surface area contributed by atoms with E-state index < -0.39 is 0 Å². The van der Waals surface area contributed by atoms with Gasteiger partial charge in [-0.15, -0.1) is 0 Å². The lowest BCUT2D eigenvalue weighted by Gasteiger charge is -2.14. The van der Waals surface area contributed by atoms with Gasteiger partial charge in [0.1, 0.15) is 5.75 Å². The molecule has 36 heavy (non-hydrogen) atoms. The van der Waals surface area contributed by atoms with Gasteiger partial charge >= 0.3 is 0 Å². The maximum Gasteiger partial charge on any atom is 0.259 e. The van der Waals surface area contributed by atoms with Crippen molar-refractivity contribution in [2.75, 3.05) is 22.6 Å². The van der Waals surface area contributed by atoms with Crippen LogP contribution in [0.2, 0.25) is 0 Å². The zero-order chi connectivity index (χ0) is 25.3. The van der Waals surface area contributed by atoms with Crippen LogP contribution in [0.1, 0.15) is 34.1 Å². The molecule has 4 aromatic rings. The molecule has 4 aromatic carbocycles. The zero-order valence-electron chi connectivity index (χ0n) is 19.8. The number of carbonyl (C=O) groups excluding carboxylic acids is 2. The molecule has 7 heteroatoms. The van der Waals surface area contributed by atoms with Gasteiger partial charge in [0.15, 0.2) is 0 Å². The van der Waals surface area contributed by atoms with Crippen LogP contribution >= 0.6 is 15.9 Å². The van der Waals surface area contributed by atoms with Crippen LogP contribution in [0.4, 0.5) is 22.7 Å². The number of hydrogen-bond acceptors (Lipinski definition) is 4. The predicted octanol–water partition coefficient (Wildman–Crippen LogP) is 7.49. The van der Waals surface area contributed by atoms with Gasteiger partial charge in [-0.25, -0.2) is 0 Å². The summed E-state index contributed by atoms with van der Waals surface area (Å²) in [6.07, 6.45) is 0.823. The minimum atomic E-state index is -0.362. The summed E-state index contributed by atoms with van der Waals surface area (Å²) in [5.74, 6) is -0.200. The van der Waals surface area contributed by atoms with Crippen molar-refractivity contribution in [1.29, 1.82) is 0 Å². The molecular formula is C29H26BrN3O3. The van der Waals surface area contributed by atoms with Crippen molar-refractivity contribution in [2.45, 2.75) is 13.3 Å². The van der Waals surface area contributed by atoms with Gasteiger partial charge in [-0.05, 0) is 73.2 Å². The third-order valence-corrected chi connectivity index (χ3v) is 5.77. The Bertz CT molecular complexity index is 1340. The van der Waals surface area contributed by atoms with E-state index in [1.807, 2.05) is 67.6 Å². The number of para-hydroxylation sites is 2. The molecule has 4 rings (SSSR count). The van der Waals surface area contributed by atoms with Crippen LogP contribution in [0.25, 0.3) is 0 Å². The van der Waals surface area contributed by atoms with E-state index in [1.165, 1.54) is 0 Å².